The van der Waals surface area contributed by atoms with Crippen molar-refractivity contribution in [3.63, 3.8) is 0 Å². The van der Waals surface area contributed by atoms with Gasteiger partial charge in [-0.1, -0.05) is 11.2 Å². The second kappa shape index (κ2) is 5.42. The van der Waals surface area contributed by atoms with Gasteiger partial charge in [0.25, 0.3) is 0 Å². The van der Waals surface area contributed by atoms with Gasteiger partial charge in [-0.2, -0.15) is 0 Å². The summed E-state index contributed by atoms with van der Waals surface area (Å²) in [6, 6.07) is 4.04. The van der Waals surface area contributed by atoms with Crippen molar-refractivity contribution in [2.75, 3.05) is 5.32 Å². The Morgan fingerprint density at radius 3 is 2.90 bits per heavy atom. The summed E-state index contributed by atoms with van der Waals surface area (Å²) in [7, 11) is 0. The van der Waals surface area contributed by atoms with Crippen LogP contribution < -0.4 is 5.32 Å². The Kier molecular flexibility index (Phi) is 3.47. The second-order valence-corrected chi connectivity index (χ2v) is 5.37. The number of thiophene rings is 1. The summed E-state index contributed by atoms with van der Waals surface area (Å²) in [5, 5.41) is 9.23. The molecule has 3 rings (SSSR count). The van der Waals surface area contributed by atoms with E-state index in [4.69, 9.17) is 4.52 Å². The molecular formula is C14H14N4OS. The minimum absolute atomic E-state index is 0.629. The molecule has 5 nitrogen and oxygen atoms in total. The molecule has 20 heavy (non-hydrogen) atoms. The van der Waals surface area contributed by atoms with Gasteiger partial charge in [-0.05, 0) is 25.3 Å². The van der Waals surface area contributed by atoms with Gasteiger partial charge in [0, 0.05) is 12.1 Å². The predicted molar refractivity (Wildman–Crippen MR) is 78.6 cm³/mol. The van der Waals surface area contributed by atoms with Crippen LogP contribution in [0.4, 0.5) is 5.82 Å². The number of aromatic nitrogens is 3. The summed E-state index contributed by atoms with van der Waals surface area (Å²) in [5.74, 6) is 1.58. The molecule has 102 valence electrons. The Morgan fingerprint density at radius 1 is 1.30 bits per heavy atom. The van der Waals surface area contributed by atoms with E-state index in [2.05, 4.69) is 20.4 Å². The molecule has 0 fully saturated rings. The lowest BCUT2D eigenvalue weighted by molar-refractivity contribution is 0.392. The highest BCUT2D eigenvalue weighted by atomic mass is 32.1. The minimum atomic E-state index is 0.629. The van der Waals surface area contributed by atoms with E-state index in [0.29, 0.717) is 6.54 Å². The first-order valence-corrected chi connectivity index (χ1v) is 7.13. The highest BCUT2D eigenvalue weighted by Gasteiger charge is 2.09. The summed E-state index contributed by atoms with van der Waals surface area (Å²) in [5.41, 5.74) is 2.84. The van der Waals surface area contributed by atoms with Crippen LogP contribution in [0.25, 0.3) is 10.6 Å². The standard InChI is InChI=1S/C14H14N4OS/c1-9-11(10(2)19-18-9)6-16-14-8-15-7-12(17-14)13-4-3-5-20-13/h3-5,7-8H,6H2,1-2H3,(H,16,17). The van der Waals surface area contributed by atoms with Crippen molar-refractivity contribution in [1.82, 2.24) is 15.1 Å². The molecule has 0 bridgehead atoms. The van der Waals surface area contributed by atoms with Crippen LogP contribution in [0, 0.1) is 13.8 Å². The molecular weight excluding hydrogens is 272 g/mol. The molecule has 1 N–H and O–H groups in total. The molecule has 0 aliphatic carbocycles. The first-order valence-electron chi connectivity index (χ1n) is 6.25. The molecule has 0 saturated heterocycles. The van der Waals surface area contributed by atoms with Crippen LogP contribution in [0.5, 0.6) is 0 Å². The van der Waals surface area contributed by atoms with Gasteiger partial charge in [0.15, 0.2) is 0 Å². The normalized spacial score (nSPS) is 10.7. The zero-order chi connectivity index (χ0) is 13.9. The van der Waals surface area contributed by atoms with E-state index in [1.807, 2.05) is 31.4 Å². The molecule has 0 amide bonds. The van der Waals surface area contributed by atoms with E-state index in [9.17, 15) is 0 Å². The van der Waals surface area contributed by atoms with E-state index in [1.54, 1.807) is 23.7 Å². The molecule has 3 aromatic heterocycles. The van der Waals surface area contributed by atoms with Crippen LogP contribution in [0.3, 0.4) is 0 Å². The quantitative estimate of drug-likeness (QED) is 0.796. The summed E-state index contributed by atoms with van der Waals surface area (Å²) >= 11 is 1.65. The van der Waals surface area contributed by atoms with Gasteiger partial charge in [0.1, 0.15) is 17.3 Å². The van der Waals surface area contributed by atoms with Crippen LogP contribution in [0.15, 0.2) is 34.4 Å². The number of rotatable bonds is 4. The van der Waals surface area contributed by atoms with Gasteiger partial charge in [0.05, 0.1) is 23.0 Å². The van der Waals surface area contributed by atoms with Crippen LogP contribution >= 0.6 is 11.3 Å². The van der Waals surface area contributed by atoms with Crippen molar-refractivity contribution < 1.29 is 4.52 Å². The fourth-order valence-electron chi connectivity index (χ4n) is 1.93. The first-order chi connectivity index (χ1) is 9.74. The lowest BCUT2D eigenvalue weighted by Gasteiger charge is -2.06. The number of aryl methyl sites for hydroxylation is 2. The third-order valence-electron chi connectivity index (χ3n) is 3.04. The molecule has 0 spiro atoms. The van der Waals surface area contributed by atoms with Gasteiger partial charge in [0.2, 0.25) is 0 Å². The van der Waals surface area contributed by atoms with E-state index in [1.165, 1.54) is 0 Å². The molecule has 0 aliphatic heterocycles. The lowest BCUT2D eigenvalue weighted by atomic mass is 10.2. The molecule has 3 aromatic rings. The lowest BCUT2D eigenvalue weighted by Crippen LogP contribution is -2.03. The number of hydrogen-bond acceptors (Lipinski definition) is 6. The fraction of sp³-hybridized carbons (Fsp3) is 0.214. The van der Waals surface area contributed by atoms with E-state index in [-0.39, 0.29) is 0 Å². The monoisotopic (exact) mass is 286 g/mol. The van der Waals surface area contributed by atoms with Crippen molar-refractivity contribution in [2.24, 2.45) is 0 Å². The molecule has 0 unspecified atom stereocenters. The van der Waals surface area contributed by atoms with Gasteiger partial charge in [-0.25, -0.2) is 4.98 Å². The van der Waals surface area contributed by atoms with E-state index in [0.717, 1.165) is 33.4 Å². The largest absolute Gasteiger partial charge is 0.364 e. The summed E-state index contributed by atoms with van der Waals surface area (Å²) in [4.78, 5) is 9.90. The zero-order valence-electron chi connectivity index (χ0n) is 11.3. The highest BCUT2D eigenvalue weighted by molar-refractivity contribution is 7.13. The maximum absolute atomic E-state index is 5.14. The van der Waals surface area contributed by atoms with Gasteiger partial charge in [-0.15, -0.1) is 11.3 Å². The Bertz CT molecular complexity index is 686. The maximum Gasteiger partial charge on any atom is 0.145 e. The van der Waals surface area contributed by atoms with Crippen LogP contribution in [-0.4, -0.2) is 15.1 Å². The Hall–Kier alpha value is -2.21. The first kappa shape index (κ1) is 12.8. The summed E-state index contributed by atoms with van der Waals surface area (Å²) in [6.45, 7) is 4.47. The topological polar surface area (TPSA) is 63.8 Å². The number of nitrogens with one attached hydrogen (secondary N) is 1. The number of nitrogens with zero attached hydrogens (tertiary/aromatic N) is 3. The fourth-order valence-corrected chi connectivity index (χ4v) is 2.61. The predicted octanol–water partition coefficient (Wildman–Crippen LogP) is 3.42. The highest BCUT2D eigenvalue weighted by Crippen LogP contribution is 2.23. The molecule has 0 saturated carbocycles. The van der Waals surface area contributed by atoms with Crippen LogP contribution in [0.2, 0.25) is 0 Å². The SMILES string of the molecule is Cc1noc(C)c1CNc1cncc(-c2cccs2)n1. The number of anilines is 1. The van der Waals surface area contributed by atoms with E-state index < -0.39 is 0 Å². The number of hydrogen-bond donors (Lipinski definition) is 1. The van der Waals surface area contributed by atoms with Gasteiger partial charge < -0.3 is 9.84 Å². The maximum atomic E-state index is 5.14. The van der Waals surface area contributed by atoms with Crippen LogP contribution in [-0.2, 0) is 6.54 Å². The second-order valence-electron chi connectivity index (χ2n) is 4.42. The van der Waals surface area contributed by atoms with Crippen molar-refractivity contribution in [1.29, 1.82) is 0 Å². The molecule has 0 radical (unpaired) electrons. The van der Waals surface area contributed by atoms with Gasteiger partial charge in [-0.3, -0.25) is 4.98 Å². The Labute approximate surface area is 120 Å². The Balaban J connectivity index is 1.77. The average molecular weight is 286 g/mol. The summed E-state index contributed by atoms with van der Waals surface area (Å²) in [6.07, 6.45) is 3.49. The molecule has 3 heterocycles. The van der Waals surface area contributed by atoms with Crippen molar-refractivity contribution >= 4 is 17.2 Å². The smallest absolute Gasteiger partial charge is 0.145 e. The molecule has 0 aromatic carbocycles. The van der Waals surface area contributed by atoms with Gasteiger partial charge >= 0.3 is 0 Å². The van der Waals surface area contributed by atoms with Crippen LogP contribution in [0.1, 0.15) is 17.0 Å². The Morgan fingerprint density at radius 2 is 2.20 bits per heavy atom. The molecule has 6 heteroatoms. The molecule has 0 atom stereocenters. The van der Waals surface area contributed by atoms with Crippen molar-refractivity contribution in [2.45, 2.75) is 20.4 Å². The summed E-state index contributed by atoms with van der Waals surface area (Å²) < 4.78 is 5.14. The van der Waals surface area contributed by atoms with Crippen molar-refractivity contribution in [3.8, 4) is 10.6 Å². The third-order valence-corrected chi connectivity index (χ3v) is 3.93. The average Bonchev–Trinajstić information content (AvgIpc) is 3.09. The van der Waals surface area contributed by atoms with Crippen molar-refractivity contribution in [3.05, 3.63) is 46.9 Å². The molecule has 0 aliphatic rings. The third kappa shape index (κ3) is 2.55. The minimum Gasteiger partial charge on any atom is -0.364 e. The van der Waals surface area contributed by atoms with E-state index >= 15 is 0 Å². The zero-order valence-corrected chi connectivity index (χ0v) is 12.1.